The van der Waals surface area contributed by atoms with Crippen LogP contribution in [0.2, 0.25) is 0 Å². The van der Waals surface area contributed by atoms with Crippen LogP contribution >= 0.6 is 0 Å². The molecule has 0 unspecified atom stereocenters. The Bertz CT molecular complexity index is 629. The molecule has 0 saturated carbocycles. The van der Waals surface area contributed by atoms with Crippen LogP contribution in [0.5, 0.6) is 0 Å². The van der Waals surface area contributed by atoms with Gasteiger partial charge in [0.05, 0.1) is 0 Å². The van der Waals surface area contributed by atoms with Gasteiger partial charge in [0, 0.05) is 0 Å². The Morgan fingerprint density at radius 2 is 1.39 bits per heavy atom. The lowest BCUT2D eigenvalue weighted by Gasteiger charge is -2.10. The van der Waals surface area contributed by atoms with Crippen molar-refractivity contribution in [1.29, 1.82) is 0 Å². The zero-order valence-corrected chi connectivity index (χ0v) is 15.5. The second-order valence-corrected chi connectivity index (χ2v) is 7.13. The first-order valence-electron chi connectivity index (χ1n) is 8.17. The lowest BCUT2D eigenvalue weighted by atomic mass is 9.95. The summed E-state index contributed by atoms with van der Waals surface area (Å²) in [5, 5.41) is 0. The number of benzene rings is 2. The van der Waals surface area contributed by atoms with Crippen LogP contribution in [0, 0.1) is 26.2 Å². The predicted molar refractivity (Wildman–Crippen MR) is 106 cm³/mol. The van der Waals surface area contributed by atoms with E-state index >= 15 is 0 Å². The summed E-state index contributed by atoms with van der Waals surface area (Å²) in [6.07, 6.45) is 6.31. The molecule has 2 aromatic carbocycles. The zero-order valence-electron chi connectivity index (χ0n) is 15.5. The molecule has 2 rings (SSSR count). The Hall–Kier alpha value is -2.08. The highest BCUT2D eigenvalue weighted by molar-refractivity contribution is 5.56. The predicted octanol–water partition coefficient (Wildman–Crippen LogP) is 7.00. The van der Waals surface area contributed by atoms with E-state index in [1.807, 2.05) is 12.1 Å². The molecule has 0 nitrogen and oxygen atoms in total. The van der Waals surface area contributed by atoms with Crippen LogP contribution in [0.4, 0.5) is 0 Å². The van der Waals surface area contributed by atoms with Crippen molar-refractivity contribution in [3.05, 3.63) is 82.9 Å². The summed E-state index contributed by atoms with van der Waals surface area (Å²) in [6.45, 7) is 16.7. The Kier molecular flexibility index (Phi) is 7.03. The molecule has 0 saturated heterocycles. The monoisotopic (exact) mass is 306 g/mol. The van der Waals surface area contributed by atoms with Gasteiger partial charge in [-0.2, -0.15) is 0 Å². The molecular formula is C23H30. The zero-order chi connectivity index (χ0) is 17.5. The average molecular weight is 306 g/mol. The van der Waals surface area contributed by atoms with Gasteiger partial charge >= 0.3 is 0 Å². The molecule has 0 heteroatoms. The van der Waals surface area contributed by atoms with Gasteiger partial charge in [-0.15, -0.1) is 0 Å². The summed E-state index contributed by atoms with van der Waals surface area (Å²) < 4.78 is 0. The van der Waals surface area contributed by atoms with Gasteiger partial charge in [0.1, 0.15) is 0 Å². The molecule has 0 heterocycles. The standard InChI is InChI=1S/C12H16.C11H14/c1-12(2,3)10-9-11-7-5-4-6-8-11;1-5-11-9(3)6-8(2)7-10(11)4/h4-10H,1-3H3;5-7H,1H2,2-4H3. The molecule has 0 amide bonds. The summed E-state index contributed by atoms with van der Waals surface area (Å²) in [6, 6.07) is 14.7. The normalized spacial score (nSPS) is 11.0. The van der Waals surface area contributed by atoms with Gasteiger partial charge in [0.25, 0.3) is 0 Å². The lowest BCUT2D eigenvalue weighted by molar-refractivity contribution is 0.547. The topological polar surface area (TPSA) is 0 Å². The van der Waals surface area contributed by atoms with E-state index in [0.717, 1.165) is 0 Å². The van der Waals surface area contributed by atoms with Crippen LogP contribution in [0.1, 0.15) is 48.6 Å². The van der Waals surface area contributed by atoms with Crippen molar-refractivity contribution in [3.8, 4) is 0 Å². The summed E-state index contributed by atoms with van der Waals surface area (Å²) in [7, 11) is 0. The van der Waals surface area contributed by atoms with Gasteiger partial charge in [-0.3, -0.25) is 0 Å². The highest BCUT2D eigenvalue weighted by Crippen LogP contribution is 2.17. The number of hydrogen-bond acceptors (Lipinski definition) is 0. The van der Waals surface area contributed by atoms with Crippen LogP contribution in [0.3, 0.4) is 0 Å². The lowest BCUT2D eigenvalue weighted by Crippen LogP contribution is -1.97. The quantitative estimate of drug-likeness (QED) is 0.560. The molecule has 0 fully saturated rings. The summed E-state index contributed by atoms with van der Waals surface area (Å²) in [4.78, 5) is 0. The second kappa shape index (κ2) is 8.53. The van der Waals surface area contributed by atoms with E-state index < -0.39 is 0 Å². The first kappa shape index (κ1) is 19.0. The molecule has 0 N–H and O–H groups in total. The van der Waals surface area contributed by atoms with E-state index in [9.17, 15) is 0 Å². The first-order valence-corrected chi connectivity index (χ1v) is 8.17. The van der Waals surface area contributed by atoms with Crippen molar-refractivity contribution in [2.45, 2.75) is 41.5 Å². The molecule has 0 aliphatic rings. The van der Waals surface area contributed by atoms with Crippen molar-refractivity contribution in [3.63, 3.8) is 0 Å². The third-order valence-corrected chi connectivity index (χ3v) is 3.52. The Balaban J connectivity index is 0.000000231. The molecule has 0 aliphatic heterocycles. The highest BCUT2D eigenvalue weighted by atomic mass is 14.1. The van der Waals surface area contributed by atoms with Crippen LogP contribution < -0.4 is 0 Å². The van der Waals surface area contributed by atoms with Gasteiger partial charge in [-0.1, -0.05) is 93.6 Å². The summed E-state index contributed by atoms with van der Waals surface area (Å²) in [5.74, 6) is 0. The van der Waals surface area contributed by atoms with E-state index in [-0.39, 0.29) is 5.41 Å². The molecular weight excluding hydrogens is 276 g/mol. The van der Waals surface area contributed by atoms with Crippen molar-refractivity contribution >= 4 is 12.2 Å². The van der Waals surface area contributed by atoms with Crippen LogP contribution in [-0.4, -0.2) is 0 Å². The molecule has 0 radical (unpaired) electrons. The van der Waals surface area contributed by atoms with Crippen molar-refractivity contribution in [1.82, 2.24) is 0 Å². The van der Waals surface area contributed by atoms with Crippen LogP contribution in [0.25, 0.3) is 12.2 Å². The van der Waals surface area contributed by atoms with Gasteiger partial charge in [0.15, 0.2) is 0 Å². The molecule has 23 heavy (non-hydrogen) atoms. The summed E-state index contributed by atoms with van der Waals surface area (Å²) >= 11 is 0. The minimum atomic E-state index is 0.274. The largest absolute Gasteiger partial charge is 0.0985 e. The Morgan fingerprint density at radius 1 is 0.870 bits per heavy atom. The summed E-state index contributed by atoms with van der Waals surface area (Å²) in [5.41, 5.74) is 6.78. The maximum atomic E-state index is 3.78. The number of hydrogen-bond donors (Lipinski definition) is 0. The number of allylic oxidation sites excluding steroid dienone is 1. The fraction of sp³-hybridized carbons (Fsp3) is 0.304. The van der Waals surface area contributed by atoms with Crippen molar-refractivity contribution in [2.75, 3.05) is 0 Å². The van der Waals surface area contributed by atoms with Gasteiger partial charge in [-0.25, -0.2) is 0 Å². The van der Waals surface area contributed by atoms with Gasteiger partial charge < -0.3 is 0 Å². The SMILES string of the molecule is C=Cc1c(C)cc(C)cc1C.CC(C)(C)C=Cc1ccccc1. The smallest absolute Gasteiger partial charge is 0.0200 e. The highest BCUT2D eigenvalue weighted by Gasteiger charge is 2.02. The third-order valence-electron chi connectivity index (χ3n) is 3.52. The number of aryl methyl sites for hydroxylation is 3. The molecule has 2 aromatic rings. The van der Waals surface area contributed by atoms with E-state index in [1.165, 1.54) is 27.8 Å². The molecule has 0 atom stereocenters. The minimum absolute atomic E-state index is 0.274. The third kappa shape index (κ3) is 7.15. The number of rotatable bonds is 2. The Labute approximate surface area is 142 Å². The van der Waals surface area contributed by atoms with Gasteiger partial charge in [-0.05, 0) is 48.4 Å². The molecule has 0 aromatic heterocycles. The first-order chi connectivity index (χ1) is 10.7. The maximum absolute atomic E-state index is 3.78. The molecule has 122 valence electrons. The fourth-order valence-corrected chi connectivity index (χ4v) is 2.42. The molecule has 0 spiro atoms. The van der Waals surface area contributed by atoms with Gasteiger partial charge in [0.2, 0.25) is 0 Å². The van der Waals surface area contributed by atoms with Crippen LogP contribution in [-0.2, 0) is 0 Å². The molecule has 0 bridgehead atoms. The van der Waals surface area contributed by atoms with Crippen molar-refractivity contribution in [2.24, 2.45) is 5.41 Å². The molecule has 0 aliphatic carbocycles. The van der Waals surface area contributed by atoms with E-state index in [0.29, 0.717) is 0 Å². The van der Waals surface area contributed by atoms with Crippen LogP contribution in [0.15, 0.2) is 55.1 Å². The van der Waals surface area contributed by atoms with Crippen molar-refractivity contribution < 1.29 is 0 Å². The minimum Gasteiger partial charge on any atom is -0.0985 e. The second-order valence-electron chi connectivity index (χ2n) is 7.13. The van der Waals surface area contributed by atoms with E-state index in [2.05, 4.69) is 96.7 Å². The maximum Gasteiger partial charge on any atom is -0.0200 e. The average Bonchev–Trinajstić information content (AvgIpc) is 2.46. The van der Waals surface area contributed by atoms with E-state index in [1.54, 1.807) is 0 Å². The van der Waals surface area contributed by atoms with E-state index in [4.69, 9.17) is 0 Å². The fourth-order valence-electron chi connectivity index (χ4n) is 2.42. The Morgan fingerprint density at radius 3 is 1.83 bits per heavy atom.